The molecule has 0 bridgehead atoms. The van der Waals surface area contributed by atoms with Gasteiger partial charge >= 0.3 is 0 Å². The van der Waals surface area contributed by atoms with Gasteiger partial charge in [0.05, 0.1) is 11.3 Å². The minimum Gasteiger partial charge on any atom is -0.364 e. The Bertz CT molecular complexity index is 943. The van der Waals surface area contributed by atoms with Crippen molar-refractivity contribution in [1.82, 2.24) is 9.80 Å². The summed E-state index contributed by atoms with van der Waals surface area (Å²) in [6, 6.07) is 15.1. The molecule has 2 heterocycles. The smallest absolute Gasteiger partial charge is 0.282 e. The first kappa shape index (κ1) is 18.9. The maximum absolute atomic E-state index is 13.4. The van der Waals surface area contributed by atoms with Crippen molar-refractivity contribution in [2.75, 3.05) is 38.1 Å². The van der Waals surface area contributed by atoms with Gasteiger partial charge in [-0.2, -0.15) is 0 Å². The number of benzene rings is 2. The minimum absolute atomic E-state index is 0.243. The second-order valence-corrected chi connectivity index (χ2v) is 8.22. The first-order chi connectivity index (χ1) is 13.5. The summed E-state index contributed by atoms with van der Waals surface area (Å²) in [5.74, 6) is -0.502. The summed E-state index contributed by atoms with van der Waals surface area (Å²) in [7, 11) is 2.07. The number of carbonyl (C=O) groups excluding carboxylic acids is 2. The zero-order chi connectivity index (χ0) is 19.8. The number of imide groups is 1. The molecule has 5 nitrogen and oxygen atoms in total. The van der Waals surface area contributed by atoms with Crippen LogP contribution in [0.15, 0.2) is 58.7 Å². The monoisotopic (exact) mass is 439 g/mol. The molecule has 4 rings (SSSR count). The molecule has 0 spiro atoms. The van der Waals surface area contributed by atoms with Crippen LogP contribution >= 0.6 is 15.9 Å². The van der Waals surface area contributed by atoms with Crippen molar-refractivity contribution in [3.63, 3.8) is 0 Å². The predicted octanol–water partition coefficient (Wildman–Crippen LogP) is 3.29. The van der Waals surface area contributed by atoms with E-state index in [2.05, 4.69) is 32.8 Å². The molecule has 0 aliphatic carbocycles. The second kappa shape index (κ2) is 7.53. The molecule has 2 aliphatic rings. The van der Waals surface area contributed by atoms with Crippen LogP contribution in [0.2, 0.25) is 0 Å². The van der Waals surface area contributed by atoms with Crippen LogP contribution in [0.1, 0.15) is 11.1 Å². The quantitative estimate of drug-likeness (QED) is 0.688. The van der Waals surface area contributed by atoms with Crippen molar-refractivity contribution in [3.8, 4) is 0 Å². The molecule has 2 amide bonds. The van der Waals surface area contributed by atoms with E-state index in [1.54, 1.807) is 12.1 Å². The molecule has 1 fully saturated rings. The van der Waals surface area contributed by atoms with Crippen LogP contribution in [0.4, 0.5) is 5.69 Å². The largest absolute Gasteiger partial charge is 0.364 e. The fourth-order valence-corrected chi connectivity index (χ4v) is 3.91. The standard InChI is InChI=1S/C22H22BrN3O2/c1-15-3-5-16(6-4-15)19-20(25-13-11-24(2)12-14-25)22(28)26(21(19)27)18-9-7-17(23)8-10-18/h3-10H,11-14H2,1-2H3. The van der Waals surface area contributed by atoms with Crippen LogP contribution in [0.5, 0.6) is 0 Å². The molecule has 0 radical (unpaired) electrons. The number of likely N-dealkylation sites (N-methyl/N-ethyl adjacent to an activating group) is 1. The Hall–Kier alpha value is -2.44. The van der Waals surface area contributed by atoms with Crippen LogP contribution < -0.4 is 4.90 Å². The third kappa shape index (κ3) is 3.38. The number of hydrogen-bond donors (Lipinski definition) is 0. The molecule has 0 saturated carbocycles. The Morgan fingerprint density at radius 2 is 1.43 bits per heavy atom. The van der Waals surface area contributed by atoms with Gasteiger partial charge in [0.25, 0.3) is 11.8 Å². The van der Waals surface area contributed by atoms with E-state index in [4.69, 9.17) is 0 Å². The van der Waals surface area contributed by atoms with Gasteiger partial charge in [-0.25, -0.2) is 4.90 Å². The fraction of sp³-hybridized carbons (Fsp3) is 0.273. The van der Waals surface area contributed by atoms with Crippen molar-refractivity contribution in [1.29, 1.82) is 0 Å². The van der Waals surface area contributed by atoms with Gasteiger partial charge in [-0.1, -0.05) is 45.8 Å². The van der Waals surface area contributed by atoms with Gasteiger partial charge in [0.15, 0.2) is 0 Å². The highest BCUT2D eigenvalue weighted by Crippen LogP contribution is 2.35. The fourth-order valence-electron chi connectivity index (χ4n) is 3.65. The van der Waals surface area contributed by atoms with E-state index in [1.807, 2.05) is 43.3 Å². The van der Waals surface area contributed by atoms with Crippen molar-refractivity contribution in [2.45, 2.75) is 6.92 Å². The van der Waals surface area contributed by atoms with Gasteiger partial charge in [-0.05, 0) is 43.8 Å². The first-order valence-corrected chi connectivity index (χ1v) is 10.1. The average Bonchev–Trinajstić information content (AvgIpc) is 2.94. The Kier molecular flexibility index (Phi) is 5.08. The van der Waals surface area contributed by atoms with Gasteiger partial charge in [0.2, 0.25) is 0 Å². The van der Waals surface area contributed by atoms with E-state index in [0.29, 0.717) is 17.0 Å². The Balaban J connectivity index is 1.79. The van der Waals surface area contributed by atoms with E-state index < -0.39 is 0 Å². The molecule has 6 heteroatoms. The Morgan fingerprint density at radius 3 is 2.04 bits per heavy atom. The molecule has 2 aliphatic heterocycles. The number of halogens is 1. The molecule has 0 unspecified atom stereocenters. The lowest BCUT2D eigenvalue weighted by Crippen LogP contribution is -2.46. The molecule has 0 atom stereocenters. The zero-order valence-corrected chi connectivity index (χ0v) is 17.6. The topological polar surface area (TPSA) is 43.9 Å². The molecule has 0 N–H and O–H groups in total. The van der Waals surface area contributed by atoms with Crippen LogP contribution in [-0.4, -0.2) is 54.8 Å². The van der Waals surface area contributed by atoms with Gasteiger partial charge in [-0.3, -0.25) is 9.59 Å². The van der Waals surface area contributed by atoms with Crippen molar-refractivity contribution in [3.05, 3.63) is 69.8 Å². The lowest BCUT2D eigenvalue weighted by atomic mass is 10.0. The van der Waals surface area contributed by atoms with E-state index in [-0.39, 0.29) is 11.8 Å². The molecule has 0 aromatic heterocycles. The number of carbonyl (C=O) groups is 2. The maximum atomic E-state index is 13.4. The Morgan fingerprint density at radius 1 is 0.821 bits per heavy atom. The van der Waals surface area contributed by atoms with Crippen LogP contribution in [-0.2, 0) is 9.59 Å². The molecule has 28 heavy (non-hydrogen) atoms. The average molecular weight is 440 g/mol. The number of anilines is 1. The lowest BCUT2D eigenvalue weighted by Gasteiger charge is -2.34. The number of rotatable bonds is 3. The molecular formula is C22H22BrN3O2. The summed E-state index contributed by atoms with van der Waals surface area (Å²) in [6.07, 6.45) is 0. The van der Waals surface area contributed by atoms with Gasteiger partial charge in [0, 0.05) is 30.7 Å². The predicted molar refractivity (Wildman–Crippen MR) is 114 cm³/mol. The van der Waals surface area contributed by atoms with Crippen LogP contribution in [0.3, 0.4) is 0 Å². The number of amides is 2. The summed E-state index contributed by atoms with van der Waals surface area (Å²) in [5.41, 5.74) is 3.51. The van der Waals surface area contributed by atoms with E-state index in [9.17, 15) is 9.59 Å². The minimum atomic E-state index is -0.259. The van der Waals surface area contributed by atoms with Crippen LogP contribution in [0.25, 0.3) is 5.57 Å². The highest BCUT2D eigenvalue weighted by molar-refractivity contribution is 9.10. The van der Waals surface area contributed by atoms with E-state index in [0.717, 1.165) is 41.8 Å². The van der Waals surface area contributed by atoms with Crippen molar-refractivity contribution >= 4 is 39.0 Å². The zero-order valence-electron chi connectivity index (χ0n) is 16.0. The van der Waals surface area contributed by atoms with Gasteiger partial charge < -0.3 is 9.80 Å². The molecule has 1 saturated heterocycles. The molecule has 2 aromatic rings. The number of aryl methyl sites for hydroxylation is 1. The number of nitrogens with zero attached hydrogens (tertiary/aromatic N) is 3. The Labute approximate surface area is 173 Å². The summed E-state index contributed by atoms with van der Waals surface area (Å²) in [5, 5.41) is 0. The highest BCUT2D eigenvalue weighted by atomic mass is 79.9. The summed E-state index contributed by atoms with van der Waals surface area (Å²) in [4.78, 5) is 32.4. The third-order valence-corrected chi connectivity index (χ3v) is 5.83. The summed E-state index contributed by atoms with van der Waals surface area (Å²) < 4.78 is 0.904. The normalized spacial score (nSPS) is 18.4. The molecule has 2 aromatic carbocycles. The summed E-state index contributed by atoms with van der Waals surface area (Å²) in [6.45, 7) is 5.20. The SMILES string of the molecule is Cc1ccc(C2=C(N3CCN(C)CC3)C(=O)N(c3ccc(Br)cc3)C2=O)cc1. The maximum Gasteiger partial charge on any atom is 0.282 e. The van der Waals surface area contributed by atoms with Gasteiger partial charge in [-0.15, -0.1) is 0 Å². The van der Waals surface area contributed by atoms with Crippen molar-refractivity contribution < 1.29 is 9.59 Å². The van der Waals surface area contributed by atoms with Crippen LogP contribution in [0, 0.1) is 6.92 Å². The molecule has 144 valence electrons. The number of hydrogen-bond acceptors (Lipinski definition) is 4. The first-order valence-electron chi connectivity index (χ1n) is 9.35. The van der Waals surface area contributed by atoms with Gasteiger partial charge in [0.1, 0.15) is 5.70 Å². The highest BCUT2D eigenvalue weighted by Gasteiger charge is 2.42. The molecular weight excluding hydrogens is 418 g/mol. The number of piperazine rings is 1. The second-order valence-electron chi connectivity index (χ2n) is 7.30. The lowest BCUT2D eigenvalue weighted by molar-refractivity contribution is -0.120. The van der Waals surface area contributed by atoms with Crippen molar-refractivity contribution in [2.24, 2.45) is 0 Å². The van der Waals surface area contributed by atoms with E-state index >= 15 is 0 Å². The van der Waals surface area contributed by atoms with E-state index in [1.165, 1.54) is 4.90 Å². The third-order valence-electron chi connectivity index (χ3n) is 5.30. The summed E-state index contributed by atoms with van der Waals surface area (Å²) >= 11 is 3.41.